The predicted molar refractivity (Wildman–Crippen MR) is 105 cm³/mol. The van der Waals surface area contributed by atoms with Gasteiger partial charge in [0.15, 0.2) is 5.15 Å². The highest BCUT2D eigenvalue weighted by Crippen LogP contribution is 2.28. The smallest absolute Gasteiger partial charge is 0.152 e. The van der Waals surface area contributed by atoms with E-state index in [9.17, 15) is 0 Å². The van der Waals surface area contributed by atoms with Crippen LogP contribution in [-0.4, -0.2) is 22.0 Å². The Kier molecular flexibility index (Phi) is 4.61. The maximum atomic E-state index is 6.24. The van der Waals surface area contributed by atoms with E-state index >= 15 is 0 Å². The zero-order chi connectivity index (χ0) is 17.9. The lowest BCUT2D eigenvalue weighted by Crippen LogP contribution is -2.19. The van der Waals surface area contributed by atoms with Crippen LogP contribution in [-0.2, 0) is 0 Å². The Bertz CT molecular complexity index is 1050. The van der Waals surface area contributed by atoms with Crippen LogP contribution in [0.1, 0.15) is 17.3 Å². The fraction of sp³-hybridized carbons (Fsp3) is 0.0952. The van der Waals surface area contributed by atoms with Crippen LogP contribution in [0, 0.1) is 0 Å². The number of fused-ring (bicyclic) bond motifs is 1. The van der Waals surface area contributed by atoms with E-state index in [1.807, 2.05) is 31.3 Å². The minimum Gasteiger partial charge on any atom is -0.308 e. The molecule has 0 amide bonds. The maximum Gasteiger partial charge on any atom is 0.152 e. The van der Waals surface area contributed by atoms with Crippen LogP contribution in [0.2, 0.25) is 5.15 Å². The highest BCUT2D eigenvalue weighted by atomic mass is 35.5. The van der Waals surface area contributed by atoms with Gasteiger partial charge in [0.1, 0.15) is 0 Å². The summed E-state index contributed by atoms with van der Waals surface area (Å²) in [5.41, 5.74) is 4.73. The molecule has 2 heterocycles. The second-order valence-corrected chi connectivity index (χ2v) is 6.33. The lowest BCUT2D eigenvalue weighted by atomic mass is 10.0. The summed E-state index contributed by atoms with van der Waals surface area (Å²) in [7, 11) is 1.88. The second kappa shape index (κ2) is 7.20. The molecule has 0 aliphatic heterocycles. The molecule has 0 aliphatic rings. The Morgan fingerprint density at radius 3 is 2.46 bits per heavy atom. The zero-order valence-electron chi connectivity index (χ0n) is 14.2. The number of hydrogen-bond donors (Lipinski definition) is 1. The summed E-state index contributed by atoms with van der Waals surface area (Å²) >= 11 is 6.24. The third-order valence-corrected chi connectivity index (χ3v) is 4.65. The Hall–Kier alpha value is -2.82. The summed E-state index contributed by atoms with van der Waals surface area (Å²) in [5.74, 6) is 0. The van der Waals surface area contributed by atoms with Gasteiger partial charge in [-0.2, -0.15) is 0 Å². The Balaban J connectivity index is 1.80. The van der Waals surface area contributed by atoms with Crippen molar-refractivity contribution in [2.45, 2.75) is 6.04 Å². The van der Waals surface area contributed by atoms with Crippen molar-refractivity contribution in [3.63, 3.8) is 0 Å². The fourth-order valence-electron chi connectivity index (χ4n) is 3.07. The van der Waals surface area contributed by atoms with E-state index in [-0.39, 0.29) is 6.04 Å². The van der Waals surface area contributed by atoms with Gasteiger partial charge in [-0.25, -0.2) is 9.97 Å². The molecule has 0 saturated heterocycles. The SMILES string of the molecule is CNC(c1ccc2ccc(-c3ccccc3)nc2c1)c1nccnc1Cl. The molecule has 0 bridgehead atoms. The average Bonchev–Trinajstić information content (AvgIpc) is 2.70. The molecule has 4 aromatic rings. The second-order valence-electron chi connectivity index (χ2n) is 5.97. The van der Waals surface area contributed by atoms with Crippen molar-refractivity contribution in [3.05, 3.63) is 89.5 Å². The molecule has 0 radical (unpaired) electrons. The molecule has 1 N–H and O–H groups in total. The molecule has 0 fully saturated rings. The molecule has 4 nitrogen and oxygen atoms in total. The van der Waals surface area contributed by atoms with Crippen LogP contribution in [0.15, 0.2) is 73.1 Å². The molecule has 2 aromatic heterocycles. The van der Waals surface area contributed by atoms with Crippen molar-refractivity contribution in [1.29, 1.82) is 0 Å². The molecule has 4 rings (SSSR count). The Morgan fingerprint density at radius 1 is 0.923 bits per heavy atom. The number of halogens is 1. The maximum absolute atomic E-state index is 6.24. The average molecular weight is 361 g/mol. The van der Waals surface area contributed by atoms with E-state index in [1.165, 1.54) is 0 Å². The van der Waals surface area contributed by atoms with Gasteiger partial charge in [0.25, 0.3) is 0 Å². The summed E-state index contributed by atoms with van der Waals surface area (Å²) in [6.07, 6.45) is 3.24. The van der Waals surface area contributed by atoms with Gasteiger partial charge in [-0.15, -0.1) is 0 Å². The molecule has 0 aliphatic carbocycles. The lowest BCUT2D eigenvalue weighted by Gasteiger charge is -2.17. The van der Waals surface area contributed by atoms with Gasteiger partial charge in [-0.05, 0) is 24.7 Å². The molecular weight excluding hydrogens is 344 g/mol. The number of benzene rings is 2. The van der Waals surface area contributed by atoms with Crippen LogP contribution in [0.25, 0.3) is 22.2 Å². The van der Waals surface area contributed by atoms with Gasteiger partial charge in [0.2, 0.25) is 0 Å². The van der Waals surface area contributed by atoms with E-state index in [0.29, 0.717) is 10.8 Å². The van der Waals surface area contributed by atoms with E-state index in [2.05, 4.69) is 51.7 Å². The van der Waals surface area contributed by atoms with Gasteiger partial charge in [0, 0.05) is 23.3 Å². The number of nitrogens with zero attached hydrogens (tertiary/aromatic N) is 3. The van der Waals surface area contributed by atoms with Gasteiger partial charge >= 0.3 is 0 Å². The molecule has 0 spiro atoms. The van der Waals surface area contributed by atoms with Gasteiger partial charge in [-0.1, -0.05) is 60.1 Å². The largest absolute Gasteiger partial charge is 0.308 e. The summed E-state index contributed by atoms with van der Waals surface area (Å²) < 4.78 is 0. The number of hydrogen-bond acceptors (Lipinski definition) is 4. The molecule has 5 heteroatoms. The molecule has 1 unspecified atom stereocenters. The normalized spacial score (nSPS) is 12.2. The number of pyridine rings is 1. The topological polar surface area (TPSA) is 50.7 Å². The van der Waals surface area contributed by atoms with Crippen LogP contribution < -0.4 is 5.32 Å². The first-order valence-corrected chi connectivity index (χ1v) is 8.74. The first-order valence-electron chi connectivity index (χ1n) is 8.36. The third-order valence-electron chi connectivity index (χ3n) is 4.36. The first-order chi connectivity index (χ1) is 12.8. The number of rotatable bonds is 4. The van der Waals surface area contributed by atoms with Crippen LogP contribution >= 0.6 is 11.6 Å². The van der Waals surface area contributed by atoms with Crippen molar-refractivity contribution in [1.82, 2.24) is 20.3 Å². The first kappa shape index (κ1) is 16.6. The van der Waals surface area contributed by atoms with Gasteiger partial charge in [-0.3, -0.25) is 4.98 Å². The van der Waals surface area contributed by atoms with E-state index in [0.717, 1.165) is 27.7 Å². The van der Waals surface area contributed by atoms with Crippen molar-refractivity contribution < 1.29 is 0 Å². The van der Waals surface area contributed by atoms with Gasteiger partial charge < -0.3 is 5.32 Å². The van der Waals surface area contributed by atoms with Crippen molar-refractivity contribution >= 4 is 22.5 Å². The van der Waals surface area contributed by atoms with Crippen molar-refractivity contribution in [2.75, 3.05) is 7.05 Å². The third kappa shape index (κ3) is 3.17. The highest BCUT2D eigenvalue weighted by Gasteiger charge is 2.18. The Morgan fingerprint density at radius 2 is 1.69 bits per heavy atom. The summed E-state index contributed by atoms with van der Waals surface area (Å²) in [4.78, 5) is 13.4. The van der Waals surface area contributed by atoms with E-state index in [4.69, 9.17) is 16.6 Å². The Labute approximate surface area is 156 Å². The minimum atomic E-state index is -0.150. The summed E-state index contributed by atoms with van der Waals surface area (Å²) in [6.45, 7) is 0. The monoisotopic (exact) mass is 360 g/mol. The number of nitrogens with one attached hydrogen (secondary N) is 1. The highest BCUT2D eigenvalue weighted by molar-refractivity contribution is 6.30. The molecule has 26 heavy (non-hydrogen) atoms. The minimum absolute atomic E-state index is 0.150. The molecular formula is C21H17ClN4. The van der Waals surface area contributed by atoms with Gasteiger partial charge in [0.05, 0.1) is 22.9 Å². The number of aromatic nitrogens is 3. The molecule has 0 saturated carbocycles. The summed E-state index contributed by atoms with van der Waals surface area (Å²) in [5, 5.41) is 4.76. The predicted octanol–water partition coefficient (Wildman–Crippen LogP) is 4.65. The van der Waals surface area contributed by atoms with Crippen LogP contribution in [0.5, 0.6) is 0 Å². The lowest BCUT2D eigenvalue weighted by molar-refractivity contribution is 0.668. The standard InChI is InChI=1S/C21H17ClN4/c1-23-19(20-21(22)25-12-11-24-20)16-8-7-15-9-10-17(26-18(15)13-16)14-5-3-2-4-6-14/h2-13,19,23H,1H3. The molecule has 1 atom stereocenters. The van der Waals surface area contributed by atoms with Crippen LogP contribution in [0.4, 0.5) is 0 Å². The quantitative estimate of drug-likeness (QED) is 0.575. The molecule has 2 aromatic carbocycles. The van der Waals surface area contributed by atoms with Crippen molar-refractivity contribution in [2.24, 2.45) is 0 Å². The fourth-order valence-corrected chi connectivity index (χ4v) is 3.28. The van der Waals surface area contributed by atoms with E-state index < -0.39 is 0 Å². The molecule has 128 valence electrons. The van der Waals surface area contributed by atoms with Crippen LogP contribution in [0.3, 0.4) is 0 Å². The van der Waals surface area contributed by atoms with E-state index in [1.54, 1.807) is 12.4 Å². The van der Waals surface area contributed by atoms with Crippen molar-refractivity contribution in [3.8, 4) is 11.3 Å². The zero-order valence-corrected chi connectivity index (χ0v) is 15.0. The summed E-state index contributed by atoms with van der Waals surface area (Å²) in [6, 6.07) is 20.4.